The third kappa shape index (κ3) is 13.1. The lowest BCUT2D eigenvalue weighted by Gasteiger charge is -2.29. The van der Waals surface area contributed by atoms with E-state index in [1.807, 2.05) is 12.1 Å². The Kier molecular flexibility index (Phi) is 9.73. The number of aryl methyl sites for hydroxylation is 1. The molecule has 2 aliphatic rings. The number of carbonyl (C=O) groups excluding carboxylic acids is 5. The van der Waals surface area contributed by atoms with Crippen LogP contribution in [0.1, 0.15) is 82.7 Å². The minimum atomic E-state index is -3.53. The number of carbonyl (C=O) groups is 5. The molecule has 2 aromatic carbocycles. The molecule has 284 valence electrons. The van der Waals surface area contributed by atoms with Gasteiger partial charge in [-0.15, -0.1) is 0 Å². The molecule has 2 heterocycles. The first-order chi connectivity index (χ1) is 29.8. The number of amides is 4. The highest BCUT2D eigenvalue weighted by Crippen LogP contribution is 2.29. The van der Waals surface area contributed by atoms with E-state index in [1.54, 1.807) is 62.4 Å². The topological polar surface area (TPSA) is 158 Å². The van der Waals surface area contributed by atoms with Crippen LogP contribution in [-0.4, -0.2) is 103 Å². The van der Waals surface area contributed by atoms with E-state index in [2.05, 4.69) is 21.3 Å². The first kappa shape index (κ1) is 25.8. The second-order valence-electron chi connectivity index (χ2n) is 13.5. The van der Waals surface area contributed by atoms with Crippen LogP contribution in [0, 0.1) is 11.8 Å². The summed E-state index contributed by atoms with van der Waals surface area (Å²) in [7, 11) is 0. The number of epoxide rings is 1. The summed E-state index contributed by atoms with van der Waals surface area (Å²) < 4.78 is 114. The van der Waals surface area contributed by atoms with Crippen molar-refractivity contribution in [1.82, 2.24) is 26.2 Å². The van der Waals surface area contributed by atoms with Gasteiger partial charge in [-0.3, -0.25) is 28.9 Å². The Morgan fingerprint density at radius 3 is 1.96 bits per heavy atom. The van der Waals surface area contributed by atoms with Gasteiger partial charge in [0.2, 0.25) is 23.6 Å². The van der Waals surface area contributed by atoms with Crippen molar-refractivity contribution in [2.24, 2.45) is 11.8 Å². The molecule has 2 saturated heterocycles. The van der Waals surface area contributed by atoms with Crippen molar-refractivity contribution in [2.45, 2.75) is 96.3 Å². The lowest BCUT2D eigenvalue weighted by molar-refractivity contribution is -0.135. The Labute approximate surface area is 326 Å². The van der Waals surface area contributed by atoms with Crippen LogP contribution in [0.2, 0.25) is 0 Å². The van der Waals surface area contributed by atoms with Crippen LogP contribution in [0.5, 0.6) is 0 Å². The molecule has 2 aromatic rings. The van der Waals surface area contributed by atoms with Crippen LogP contribution >= 0.6 is 0 Å². The average Bonchev–Trinajstić information content (AvgIpc) is 3.70. The number of rotatable bonds is 20. The van der Waals surface area contributed by atoms with E-state index in [4.69, 9.17) is 27.3 Å². The van der Waals surface area contributed by atoms with Crippen LogP contribution in [0.3, 0.4) is 0 Å². The number of benzene rings is 2. The third-order valence-electron chi connectivity index (χ3n) is 8.48. The molecule has 4 N–H and O–H groups in total. The van der Waals surface area contributed by atoms with Gasteiger partial charge in [-0.2, -0.15) is 0 Å². The van der Waals surface area contributed by atoms with Gasteiger partial charge in [0, 0.05) is 29.1 Å². The molecule has 0 radical (unpaired) electrons. The van der Waals surface area contributed by atoms with Gasteiger partial charge in [-0.05, 0) is 55.5 Å². The largest absolute Gasteiger partial charge is 0.379 e. The van der Waals surface area contributed by atoms with Crippen LogP contribution in [0.4, 0.5) is 0 Å². The third-order valence-corrected chi connectivity index (χ3v) is 8.48. The molecule has 0 aliphatic carbocycles. The molecular formula is C40H57N5O7. The molecule has 0 aromatic heterocycles. The number of ether oxygens (including phenoxy) is 2. The predicted octanol–water partition coefficient (Wildman–Crippen LogP) is 2.58. The number of ketones is 1. The highest BCUT2D eigenvalue weighted by Gasteiger charge is 2.50. The summed E-state index contributed by atoms with van der Waals surface area (Å²) in [5, 5.41) is 10.2. The van der Waals surface area contributed by atoms with Crippen LogP contribution < -0.4 is 21.3 Å². The van der Waals surface area contributed by atoms with E-state index in [0.717, 1.165) is 12.5 Å². The van der Waals surface area contributed by atoms with E-state index < -0.39 is 125 Å². The standard InChI is InChI=1S/C40H57N5O7/c1-27(2)22-32(36(47)40(5)26-52-40)42-39(50)34(24-30-14-10-7-11-15-30)44-38(49)33(23-28(3)4)43-37(48)31(17-16-29-12-8-6-9-13-29)41-35(46)25-45-18-20-51-21-19-45/h6-15,27-28,31-34H,16-26H2,1-5H3,(H,41,46)(H,42,50)(H,43,48)(H,44,49)/t31-,32-,33-,34-,40+/m0/s1/i1D3,2D3,20D2,21D2,26D2,27D. The van der Waals surface area contributed by atoms with Crippen molar-refractivity contribution in [1.29, 1.82) is 0 Å². The Hall–Kier alpha value is -4.13. The van der Waals surface area contributed by atoms with E-state index >= 15 is 0 Å². The number of hydrogen-bond donors (Lipinski definition) is 4. The van der Waals surface area contributed by atoms with Gasteiger partial charge >= 0.3 is 0 Å². The maximum atomic E-state index is 14.3. The highest BCUT2D eigenvalue weighted by atomic mass is 16.6. The Morgan fingerprint density at radius 2 is 1.37 bits per heavy atom. The molecule has 0 unspecified atom stereocenters. The number of Topliss-reactive ketones (excluding diaryl/α,β-unsaturated/α-hetero) is 1. The summed E-state index contributed by atoms with van der Waals surface area (Å²) in [6, 6.07) is 10.8. The molecule has 0 bridgehead atoms. The zero-order valence-electron chi connectivity index (χ0n) is 42.6. The van der Waals surface area contributed by atoms with Crippen molar-refractivity contribution in [3.8, 4) is 0 Å². The lowest BCUT2D eigenvalue weighted by atomic mass is 9.93. The summed E-state index contributed by atoms with van der Waals surface area (Å²) in [5.74, 6) is -8.42. The monoisotopic (exact) mass is 733 g/mol. The molecule has 4 amide bonds. The Balaban J connectivity index is 1.63. The first-order valence-electron chi connectivity index (χ1n) is 23.7. The summed E-state index contributed by atoms with van der Waals surface area (Å²) in [6.45, 7) is -11.3. The molecule has 0 spiro atoms. The van der Waals surface area contributed by atoms with Crippen molar-refractivity contribution in [2.75, 3.05) is 39.3 Å². The normalized spacial score (nSPS) is 26.9. The number of nitrogens with zero attached hydrogens (tertiary/aromatic N) is 1. The van der Waals surface area contributed by atoms with E-state index in [1.165, 1.54) is 4.90 Å². The molecule has 0 saturated carbocycles. The Morgan fingerprint density at radius 1 is 0.808 bits per heavy atom. The molecular weight excluding hydrogens is 662 g/mol. The maximum Gasteiger partial charge on any atom is 0.243 e. The van der Waals surface area contributed by atoms with Gasteiger partial charge in [-0.1, -0.05) is 88.2 Å². The second-order valence-corrected chi connectivity index (χ2v) is 13.5. The zero-order chi connectivity index (χ0) is 49.0. The van der Waals surface area contributed by atoms with Gasteiger partial charge in [0.25, 0.3) is 0 Å². The van der Waals surface area contributed by atoms with Gasteiger partial charge in [0.05, 0.1) is 40.5 Å². The summed E-state index contributed by atoms with van der Waals surface area (Å²) >= 11 is 0. The number of hydrogen-bond acceptors (Lipinski definition) is 8. The number of morpholine rings is 1. The first-order valence-corrected chi connectivity index (χ1v) is 17.2. The number of nitrogens with one attached hydrogen (secondary N) is 4. The summed E-state index contributed by atoms with van der Waals surface area (Å²) in [6.07, 6.45) is -1.26. The van der Waals surface area contributed by atoms with Gasteiger partial charge in [-0.25, -0.2) is 0 Å². The van der Waals surface area contributed by atoms with Crippen molar-refractivity contribution in [3.05, 3.63) is 71.8 Å². The van der Waals surface area contributed by atoms with Crippen molar-refractivity contribution < 1.29 is 51.3 Å². The second kappa shape index (κ2) is 19.6. The average molecular weight is 733 g/mol. The minimum absolute atomic E-state index is 0.00103. The van der Waals surface area contributed by atoms with Crippen LogP contribution in [0.25, 0.3) is 0 Å². The maximum absolute atomic E-state index is 14.3. The van der Waals surface area contributed by atoms with E-state index in [0.29, 0.717) is 5.56 Å². The molecule has 12 heteroatoms. The van der Waals surface area contributed by atoms with E-state index in [9.17, 15) is 24.0 Å². The molecule has 5 atom stereocenters. The fourth-order valence-corrected chi connectivity index (χ4v) is 5.64. The van der Waals surface area contributed by atoms with Crippen molar-refractivity contribution >= 4 is 29.4 Å². The van der Waals surface area contributed by atoms with Crippen LogP contribution in [-0.2, 0) is 46.3 Å². The highest BCUT2D eigenvalue weighted by molar-refractivity contribution is 5.98. The van der Waals surface area contributed by atoms with Crippen LogP contribution in [0.15, 0.2) is 60.7 Å². The lowest BCUT2D eigenvalue weighted by Crippen LogP contribution is -2.59. The zero-order valence-corrected chi connectivity index (χ0v) is 29.6. The molecule has 2 aliphatic heterocycles. The predicted molar refractivity (Wildman–Crippen MR) is 198 cm³/mol. The fraction of sp³-hybridized carbons (Fsp3) is 0.575. The van der Waals surface area contributed by atoms with Gasteiger partial charge in [0.15, 0.2) is 5.78 Å². The summed E-state index contributed by atoms with van der Waals surface area (Å²) in [4.78, 5) is 71.2. The minimum Gasteiger partial charge on any atom is -0.379 e. The molecule has 12 nitrogen and oxygen atoms in total. The Bertz CT molecular complexity index is 1980. The van der Waals surface area contributed by atoms with E-state index in [-0.39, 0.29) is 31.6 Å². The quantitative estimate of drug-likeness (QED) is 0.151. The van der Waals surface area contributed by atoms with Gasteiger partial charge < -0.3 is 30.7 Å². The summed E-state index contributed by atoms with van der Waals surface area (Å²) in [5.41, 5.74) is -0.953. The van der Waals surface area contributed by atoms with Crippen molar-refractivity contribution in [3.63, 3.8) is 0 Å². The molecule has 52 heavy (non-hydrogen) atoms. The molecule has 2 fully saturated rings. The SMILES string of the molecule is [2H]C1([2H])CN(CC(=O)N[C@@H](CCc2ccccc2)C(=O)N[C@@H](CC(C)C)C(=O)N[C@@H](Cc2ccccc2)C(=O)N[C@@H](CC([2H])(C([2H])([2H])[2H])C([2H])([2H])[2H])C(=O)[C@]2(C)OC2([2H])[2H])CC([2H])([2H])O1. The smallest absolute Gasteiger partial charge is 0.243 e. The van der Waals surface area contributed by atoms with Gasteiger partial charge in [0.1, 0.15) is 23.7 Å². The fourth-order valence-electron chi connectivity index (χ4n) is 5.64. The molecule has 4 rings (SSSR count).